The van der Waals surface area contributed by atoms with Gasteiger partial charge in [-0.05, 0) is 55.0 Å². The molecule has 2 aromatic rings. The second-order valence-corrected chi connectivity index (χ2v) is 7.34. The number of benzene rings is 1. The van der Waals surface area contributed by atoms with E-state index in [2.05, 4.69) is 20.8 Å². The molecule has 122 valence electrons. The average Bonchev–Trinajstić information content (AvgIpc) is 2.93. The van der Waals surface area contributed by atoms with E-state index < -0.39 is 0 Å². The Bertz CT molecular complexity index is 738. The first kappa shape index (κ1) is 17.6. The minimum absolute atomic E-state index is 0.0913. The molecule has 0 atom stereocenters. The number of rotatable bonds is 6. The molecule has 0 saturated heterocycles. The lowest BCUT2D eigenvalue weighted by molar-refractivity contribution is 0.101. The second kappa shape index (κ2) is 7.22. The fraction of sp³-hybridized carbons (Fsp3) is 0.400. The third-order valence-electron chi connectivity index (χ3n) is 4.01. The zero-order valence-corrected chi connectivity index (χ0v) is 15.3. The van der Waals surface area contributed by atoms with Crippen molar-refractivity contribution in [3.63, 3.8) is 0 Å². The first-order valence-corrected chi connectivity index (χ1v) is 8.95. The first-order valence-electron chi connectivity index (χ1n) is 8.14. The van der Waals surface area contributed by atoms with Crippen molar-refractivity contribution in [2.75, 3.05) is 0 Å². The van der Waals surface area contributed by atoms with Gasteiger partial charge in [0.05, 0.1) is 4.88 Å². The Morgan fingerprint density at radius 1 is 1.09 bits per heavy atom. The van der Waals surface area contributed by atoms with E-state index in [1.54, 1.807) is 25.2 Å². The highest BCUT2D eigenvalue weighted by molar-refractivity contribution is 7.17. The zero-order valence-electron chi connectivity index (χ0n) is 14.5. The van der Waals surface area contributed by atoms with Gasteiger partial charge in [-0.15, -0.1) is 11.3 Å². The molecule has 0 amide bonds. The van der Waals surface area contributed by atoms with Crippen molar-refractivity contribution in [1.82, 2.24) is 0 Å². The van der Waals surface area contributed by atoms with Crippen LogP contribution in [-0.4, -0.2) is 11.6 Å². The lowest BCUT2D eigenvalue weighted by Crippen LogP contribution is -1.97. The topological polar surface area (TPSA) is 34.1 Å². The van der Waals surface area contributed by atoms with E-state index in [4.69, 9.17) is 0 Å². The average molecular weight is 328 g/mol. The van der Waals surface area contributed by atoms with Crippen molar-refractivity contribution in [1.29, 1.82) is 0 Å². The van der Waals surface area contributed by atoms with Crippen molar-refractivity contribution in [2.24, 2.45) is 0 Å². The number of carbonyl (C=O) groups excluding carboxylic acids is 2. The lowest BCUT2D eigenvalue weighted by Gasteiger charge is -2.13. The molecule has 0 bridgehead atoms. The summed E-state index contributed by atoms with van der Waals surface area (Å²) in [6.45, 7) is 9.66. The van der Waals surface area contributed by atoms with Crippen molar-refractivity contribution in [3.8, 4) is 10.4 Å². The fourth-order valence-electron chi connectivity index (χ4n) is 2.73. The van der Waals surface area contributed by atoms with E-state index in [0.717, 1.165) is 28.8 Å². The van der Waals surface area contributed by atoms with E-state index in [-0.39, 0.29) is 11.6 Å². The molecule has 0 fully saturated rings. The van der Waals surface area contributed by atoms with Gasteiger partial charge < -0.3 is 0 Å². The van der Waals surface area contributed by atoms with Gasteiger partial charge in [-0.1, -0.05) is 39.3 Å². The van der Waals surface area contributed by atoms with E-state index >= 15 is 0 Å². The van der Waals surface area contributed by atoms with Crippen molar-refractivity contribution in [3.05, 3.63) is 45.8 Å². The molecular formula is C20H24O2S. The molecule has 0 spiro atoms. The molecule has 3 heteroatoms. The number of hydrogen-bond donors (Lipinski definition) is 0. The Morgan fingerprint density at radius 3 is 2.30 bits per heavy atom. The van der Waals surface area contributed by atoms with Gasteiger partial charge in [0.2, 0.25) is 0 Å². The SMILES string of the molecule is CCCc1cc(C(C)=O)ccc1-c1sc(C(C)=O)cc1C(C)C. The Labute approximate surface area is 142 Å². The molecular weight excluding hydrogens is 304 g/mol. The minimum atomic E-state index is 0.0913. The first-order chi connectivity index (χ1) is 10.8. The van der Waals surface area contributed by atoms with E-state index in [0.29, 0.717) is 5.92 Å². The fourth-order valence-corrected chi connectivity index (χ4v) is 4.00. The summed E-state index contributed by atoms with van der Waals surface area (Å²) in [4.78, 5) is 25.4. The molecule has 0 aliphatic heterocycles. The van der Waals surface area contributed by atoms with Gasteiger partial charge >= 0.3 is 0 Å². The van der Waals surface area contributed by atoms with Crippen LogP contribution in [0.4, 0.5) is 0 Å². The van der Waals surface area contributed by atoms with Crippen molar-refractivity contribution in [2.45, 2.75) is 53.4 Å². The van der Waals surface area contributed by atoms with Crippen LogP contribution in [0.15, 0.2) is 24.3 Å². The summed E-state index contributed by atoms with van der Waals surface area (Å²) in [5, 5.41) is 0. The summed E-state index contributed by atoms with van der Waals surface area (Å²) < 4.78 is 0. The normalized spacial score (nSPS) is 11.0. The zero-order chi connectivity index (χ0) is 17.1. The number of Topliss-reactive ketones (excluding diaryl/α,β-unsaturated/α-hetero) is 2. The quantitative estimate of drug-likeness (QED) is 0.619. The molecule has 0 N–H and O–H groups in total. The third-order valence-corrected chi connectivity index (χ3v) is 5.29. The van der Waals surface area contributed by atoms with Crippen molar-refractivity contribution < 1.29 is 9.59 Å². The highest BCUT2D eigenvalue weighted by atomic mass is 32.1. The summed E-state index contributed by atoms with van der Waals surface area (Å²) in [7, 11) is 0. The van der Waals surface area contributed by atoms with Gasteiger partial charge in [0.1, 0.15) is 0 Å². The van der Waals surface area contributed by atoms with E-state index in [1.165, 1.54) is 16.0 Å². The monoisotopic (exact) mass is 328 g/mol. The summed E-state index contributed by atoms with van der Waals surface area (Å²) >= 11 is 1.57. The van der Waals surface area contributed by atoms with Crippen molar-refractivity contribution >= 4 is 22.9 Å². The highest BCUT2D eigenvalue weighted by Gasteiger charge is 2.18. The summed E-state index contributed by atoms with van der Waals surface area (Å²) in [5.41, 5.74) is 4.33. The molecule has 1 heterocycles. The molecule has 2 rings (SSSR count). The molecule has 0 saturated carbocycles. The summed E-state index contributed by atoms with van der Waals surface area (Å²) in [6.07, 6.45) is 1.96. The van der Waals surface area contributed by atoms with Crippen LogP contribution in [0.25, 0.3) is 10.4 Å². The highest BCUT2D eigenvalue weighted by Crippen LogP contribution is 2.39. The van der Waals surface area contributed by atoms with Gasteiger partial charge in [-0.2, -0.15) is 0 Å². The van der Waals surface area contributed by atoms with Crippen LogP contribution < -0.4 is 0 Å². The molecule has 0 aliphatic rings. The number of aryl methyl sites for hydroxylation is 1. The predicted octanol–water partition coefficient (Wildman–Crippen LogP) is 5.90. The van der Waals surface area contributed by atoms with Crippen LogP contribution >= 0.6 is 11.3 Å². The maximum Gasteiger partial charge on any atom is 0.169 e. The predicted molar refractivity (Wildman–Crippen MR) is 97.8 cm³/mol. The maximum atomic E-state index is 11.8. The Kier molecular flexibility index (Phi) is 5.53. The minimum Gasteiger partial charge on any atom is -0.295 e. The molecule has 23 heavy (non-hydrogen) atoms. The van der Waals surface area contributed by atoms with Crippen LogP contribution in [-0.2, 0) is 6.42 Å². The van der Waals surface area contributed by atoms with E-state index in [1.807, 2.05) is 24.3 Å². The van der Waals surface area contributed by atoms with E-state index in [9.17, 15) is 9.59 Å². The molecule has 0 unspecified atom stereocenters. The van der Waals surface area contributed by atoms with Crippen LogP contribution in [0.2, 0.25) is 0 Å². The van der Waals surface area contributed by atoms with Crippen LogP contribution in [0.5, 0.6) is 0 Å². The van der Waals surface area contributed by atoms with Crippen LogP contribution in [0.3, 0.4) is 0 Å². The number of hydrogen-bond acceptors (Lipinski definition) is 3. The largest absolute Gasteiger partial charge is 0.295 e. The Balaban J connectivity index is 2.65. The Morgan fingerprint density at radius 2 is 1.78 bits per heavy atom. The number of ketones is 2. The number of thiophene rings is 1. The van der Waals surface area contributed by atoms with Gasteiger partial charge in [0, 0.05) is 10.4 Å². The molecule has 2 nitrogen and oxygen atoms in total. The molecule has 0 aliphatic carbocycles. The standard InChI is InChI=1S/C20H24O2S/c1-6-7-16-10-15(13(4)21)8-9-17(16)20-18(12(2)3)11-19(23-20)14(5)22/h8-12H,6-7H2,1-5H3. The van der Waals surface area contributed by atoms with Crippen LogP contribution in [0, 0.1) is 0 Å². The maximum absolute atomic E-state index is 11.8. The molecule has 0 radical (unpaired) electrons. The van der Waals surface area contributed by atoms with Gasteiger partial charge in [0.25, 0.3) is 0 Å². The second-order valence-electron chi connectivity index (χ2n) is 6.28. The van der Waals surface area contributed by atoms with Gasteiger partial charge in [-0.25, -0.2) is 0 Å². The Hall–Kier alpha value is -1.74. The lowest BCUT2D eigenvalue weighted by atomic mass is 9.93. The summed E-state index contributed by atoms with van der Waals surface area (Å²) in [6, 6.07) is 7.98. The summed E-state index contributed by atoms with van der Waals surface area (Å²) in [5.74, 6) is 0.561. The molecule has 1 aromatic carbocycles. The molecule has 1 aromatic heterocycles. The van der Waals surface area contributed by atoms with Crippen LogP contribution in [0.1, 0.15) is 78.1 Å². The third kappa shape index (κ3) is 3.78. The van der Waals surface area contributed by atoms with Gasteiger partial charge in [-0.3, -0.25) is 9.59 Å². The van der Waals surface area contributed by atoms with Gasteiger partial charge in [0.15, 0.2) is 11.6 Å². The number of carbonyl (C=O) groups is 2. The smallest absolute Gasteiger partial charge is 0.169 e.